The Kier molecular flexibility index (Phi) is 5.97. The van der Waals surface area contributed by atoms with Gasteiger partial charge in [0.25, 0.3) is 0 Å². The van der Waals surface area contributed by atoms with Gasteiger partial charge in [0, 0.05) is 44.9 Å². The molecule has 1 aliphatic rings. The quantitative estimate of drug-likeness (QED) is 0.632. The van der Waals surface area contributed by atoms with Crippen LogP contribution in [0, 0.1) is 6.92 Å². The Morgan fingerprint density at radius 1 is 1.10 bits per heavy atom. The van der Waals surface area contributed by atoms with E-state index < -0.39 is 5.79 Å². The molecule has 3 heterocycles. The molecule has 6 heteroatoms. The summed E-state index contributed by atoms with van der Waals surface area (Å²) >= 11 is 0. The third-order valence-corrected chi connectivity index (χ3v) is 4.97. The van der Waals surface area contributed by atoms with Crippen LogP contribution in [0.3, 0.4) is 0 Å². The van der Waals surface area contributed by atoms with Gasteiger partial charge in [0.1, 0.15) is 18.1 Å². The van der Waals surface area contributed by atoms with Crippen LogP contribution in [0.1, 0.15) is 41.9 Å². The summed E-state index contributed by atoms with van der Waals surface area (Å²) in [5.74, 6) is 1.05. The Morgan fingerprint density at radius 2 is 2.00 bits per heavy atom. The van der Waals surface area contributed by atoms with E-state index in [-0.39, 0.29) is 0 Å². The van der Waals surface area contributed by atoms with Crippen molar-refractivity contribution in [3.05, 3.63) is 82.9 Å². The fourth-order valence-electron chi connectivity index (χ4n) is 3.37. The Morgan fingerprint density at radius 3 is 2.83 bits per heavy atom. The number of nitrogens with zero attached hydrogens (tertiary/aromatic N) is 2. The first-order chi connectivity index (χ1) is 14.5. The molecule has 1 aromatic carbocycles. The molecule has 30 heavy (non-hydrogen) atoms. The van der Waals surface area contributed by atoms with Crippen molar-refractivity contribution in [2.75, 3.05) is 0 Å². The summed E-state index contributed by atoms with van der Waals surface area (Å²) in [5, 5.41) is 3.49. The zero-order valence-corrected chi connectivity index (χ0v) is 17.6. The molecule has 0 radical (unpaired) electrons. The molecule has 0 fully saturated rings. The lowest BCUT2D eigenvalue weighted by atomic mass is 10.1. The molecule has 0 bridgehead atoms. The molecule has 0 spiro atoms. The van der Waals surface area contributed by atoms with Crippen molar-refractivity contribution < 1.29 is 14.2 Å². The van der Waals surface area contributed by atoms with Crippen LogP contribution < -0.4 is 14.8 Å². The van der Waals surface area contributed by atoms with Crippen LogP contribution in [0.5, 0.6) is 11.5 Å². The highest BCUT2D eigenvalue weighted by Crippen LogP contribution is 2.35. The molecule has 0 aliphatic carbocycles. The monoisotopic (exact) mass is 405 g/mol. The van der Waals surface area contributed by atoms with Gasteiger partial charge in [-0.2, -0.15) is 0 Å². The lowest BCUT2D eigenvalue weighted by Gasteiger charge is -2.34. The minimum absolute atomic E-state index is 0.454. The molecular weight excluding hydrogens is 378 g/mol. The molecule has 0 saturated carbocycles. The first-order valence-corrected chi connectivity index (χ1v) is 10.1. The molecule has 0 saturated heterocycles. The number of ether oxygens (including phenoxy) is 3. The maximum absolute atomic E-state index is 6.00. The van der Waals surface area contributed by atoms with Gasteiger partial charge in [-0.1, -0.05) is 18.2 Å². The summed E-state index contributed by atoms with van der Waals surface area (Å²) in [4.78, 5) is 8.79. The fourth-order valence-corrected chi connectivity index (χ4v) is 3.37. The predicted octanol–water partition coefficient (Wildman–Crippen LogP) is 4.30. The molecule has 156 valence electrons. The van der Waals surface area contributed by atoms with Crippen molar-refractivity contribution >= 4 is 0 Å². The average molecular weight is 405 g/mol. The second kappa shape index (κ2) is 8.81. The van der Waals surface area contributed by atoms with E-state index in [0.29, 0.717) is 19.8 Å². The predicted molar refractivity (Wildman–Crippen MR) is 114 cm³/mol. The zero-order chi connectivity index (χ0) is 21.0. The van der Waals surface area contributed by atoms with Gasteiger partial charge in [-0.05, 0) is 42.3 Å². The van der Waals surface area contributed by atoms with Crippen LogP contribution in [0.2, 0.25) is 0 Å². The van der Waals surface area contributed by atoms with Crippen molar-refractivity contribution in [2.24, 2.45) is 0 Å². The van der Waals surface area contributed by atoms with Crippen molar-refractivity contribution in [2.45, 2.75) is 52.9 Å². The molecule has 0 atom stereocenters. The smallest absolute Gasteiger partial charge is 0.205 e. The molecule has 3 aromatic rings. The average Bonchev–Trinajstić information content (AvgIpc) is 2.75. The summed E-state index contributed by atoms with van der Waals surface area (Å²) in [6.07, 6.45) is 3.67. The fraction of sp³-hybridized carbons (Fsp3) is 0.333. The molecule has 0 amide bonds. The highest BCUT2D eigenvalue weighted by Gasteiger charge is 2.30. The molecule has 0 unspecified atom stereocenters. The lowest BCUT2D eigenvalue weighted by molar-refractivity contribution is -0.180. The second-order valence-corrected chi connectivity index (χ2v) is 7.83. The van der Waals surface area contributed by atoms with E-state index >= 15 is 0 Å². The first-order valence-electron chi connectivity index (χ1n) is 10.1. The van der Waals surface area contributed by atoms with E-state index in [1.165, 1.54) is 0 Å². The molecule has 1 aliphatic heterocycles. The van der Waals surface area contributed by atoms with Crippen molar-refractivity contribution in [1.82, 2.24) is 15.3 Å². The minimum atomic E-state index is -0.624. The number of pyridine rings is 2. The highest BCUT2D eigenvalue weighted by atomic mass is 16.7. The standard InChI is InChI=1S/C24H27N3O3/c1-17-23-22(16-29-24(2,3)30-23)19(14-27-17)13-25-12-18-7-6-9-21(11-18)28-15-20-8-4-5-10-26-20/h4-11,14,25H,12-13,15-16H2,1-3H3. The van der Waals surface area contributed by atoms with Gasteiger partial charge in [0.15, 0.2) is 0 Å². The topological polar surface area (TPSA) is 65.5 Å². The molecule has 2 aromatic heterocycles. The Hall–Kier alpha value is -2.96. The normalized spacial score (nSPS) is 14.6. The summed E-state index contributed by atoms with van der Waals surface area (Å²) < 4.78 is 17.7. The number of hydrogen-bond acceptors (Lipinski definition) is 6. The van der Waals surface area contributed by atoms with Gasteiger partial charge in [0.05, 0.1) is 18.0 Å². The molecular formula is C24H27N3O3. The number of hydrogen-bond donors (Lipinski definition) is 1. The summed E-state index contributed by atoms with van der Waals surface area (Å²) in [5.41, 5.74) is 5.11. The van der Waals surface area contributed by atoms with Crippen LogP contribution >= 0.6 is 0 Å². The van der Waals surface area contributed by atoms with Crippen molar-refractivity contribution in [1.29, 1.82) is 0 Å². The van der Waals surface area contributed by atoms with Crippen molar-refractivity contribution in [3.63, 3.8) is 0 Å². The highest BCUT2D eigenvalue weighted by molar-refractivity contribution is 5.43. The number of benzene rings is 1. The van der Waals surface area contributed by atoms with Gasteiger partial charge in [-0.25, -0.2) is 0 Å². The van der Waals surface area contributed by atoms with Gasteiger partial charge in [0.2, 0.25) is 5.79 Å². The maximum atomic E-state index is 6.00. The van der Waals surface area contributed by atoms with Gasteiger partial charge >= 0.3 is 0 Å². The third-order valence-electron chi connectivity index (χ3n) is 4.97. The number of nitrogens with one attached hydrogen (secondary N) is 1. The zero-order valence-electron chi connectivity index (χ0n) is 17.6. The van der Waals surface area contributed by atoms with Crippen LogP contribution in [0.4, 0.5) is 0 Å². The summed E-state index contributed by atoms with van der Waals surface area (Å²) in [6.45, 7) is 8.19. The number of aromatic nitrogens is 2. The van der Waals surface area contributed by atoms with E-state index in [0.717, 1.165) is 46.1 Å². The maximum Gasteiger partial charge on any atom is 0.205 e. The first kappa shape index (κ1) is 20.3. The Bertz CT molecular complexity index is 1010. The van der Waals surface area contributed by atoms with Crippen LogP contribution in [0.25, 0.3) is 0 Å². The number of aryl methyl sites for hydroxylation is 1. The molecule has 1 N–H and O–H groups in total. The van der Waals surface area contributed by atoms with Gasteiger partial charge < -0.3 is 19.5 Å². The van der Waals surface area contributed by atoms with Crippen LogP contribution in [-0.2, 0) is 31.0 Å². The summed E-state index contributed by atoms with van der Waals surface area (Å²) in [6, 6.07) is 13.9. The van der Waals surface area contributed by atoms with Crippen LogP contribution in [0.15, 0.2) is 54.9 Å². The van der Waals surface area contributed by atoms with Gasteiger partial charge in [-0.15, -0.1) is 0 Å². The van der Waals surface area contributed by atoms with E-state index in [2.05, 4.69) is 21.4 Å². The third kappa shape index (κ3) is 4.96. The van der Waals surface area contributed by atoms with E-state index in [4.69, 9.17) is 14.2 Å². The molecule has 6 nitrogen and oxygen atoms in total. The van der Waals surface area contributed by atoms with E-state index in [1.807, 2.05) is 63.4 Å². The number of rotatable bonds is 7. The Balaban J connectivity index is 1.36. The number of fused-ring (bicyclic) bond motifs is 1. The van der Waals surface area contributed by atoms with E-state index in [9.17, 15) is 0 Å². The molecule has 4 rings (SSSR count). The minimum Gasteiger partial charge on any atom is -0.487 e. The SMILES string of the molecule is Cc1ncc(CNCc2cccc(OCc3ccccn3)c2)c2c1OC(C)(C)OC2. The van der Waals surface area contributed by atoms with E-state index in [1.54, 1.807) is 6.20 Å². The van der Waals surface area contributed by atoms with Gasteiger partial charge in [-0.3, -0.25) is 9.97 Å². The second-order valence-electron chi connectivity index (χ2n) is 7.83. The summed E-state index contributed by atoms with van der Waals surface area (Å²) in [7, 11) is 0. The van der Waals surface area contributed by atoms with Crippen molar-refractivity contribution in [3.8, 4) is 11.5 Å². The Labute approximate surface area is 177 Å². The lowest BCUT2D eigenvalue weighted by Crippen LogP contribution is -2.36. The van der Waals surface area contributed by atoms with Crippen LogP contribution in [-0.4, -0.2) is 15.8 Å². The largest absolute Gasteiger partial charge is 0.487 e.